The predicted octanol–water partition coefficient (Wildman–Crippen LogP) is 2.03. The average Bonchev–Trinajstić information content (AvgIpc) is 2.67. The summed E-state index contributed by atoms with van der Waals surface area (Å²) < 4.78 is 0. The Kier molecular flexibility index (Phi) is 2.92. The smallest absolute Gasteiger partial charge is 0.0722 e. The number of nitrogens with one attached hydrogen (secondary N) is 1. The highest BCUT2D eigenvalue weighted by molar-refractivity contribution is 5.91. The van der Waals surface area contributed by atoms with Crippen molar-refractivity contribution in [2.75, 3.05) is 31.1 Å². The lowest BCUT2D eigenvalue weighted by Gasteiger charge is -2.23. The monoisotopic (exact) mass is 227 g/mol. The summed E-state index contributed by atoms with van der Waals surface area (Å²) in [6, 6.07) is 10.6. The van der Waals surface area contributed by atoms with Crippen molar-refractivity contribution in [2.45, 2.75) is 6.42 Å². The van der Waals surface area contributed by atoms with Gasteiger partial charge < -0.3 is 10.2 Å². The van der Waals surface area contributed by atoms with E-state index in [1.54, 1.807) is 0 Å². The minimum absolute atomic E-state index is 1.07. The first kappa shape index (κ1) is 10.5. The van der Waals surface area contributed by atoms with E-state index >= 15 is 0 Å². The molecule has 1 fully saturated rings. The molecule has 0 radical (unpaired) electrons. The molecule has 3 rings (SSSR count). The second kappa shape index (κ2) is 4.72. The Morgan fingerprint density at radius 1 is 1.06 bits per heavy atom. The summed E-state index contributed by atoms with van der Waals surface area (Å²) in [4.78, 5) is 6.88. The van der Waals surface area contributed by atoms with Gasteiger partial charge in [-0.05, 0) is 37.2 Å². The molecule has 0 saturated carbocycles. The second-order valence-corrected chi connectivity index (χ2v) is 4.44. The standard InChI is InChI=1S/C14H17N3/c1-5-13-12(4-2-8-16-13)14(6-1)17-10-3-7-15-9-11-17/h1-2,4-6,8,15H,3,7,9-11H2. The van der Waals surface area contributed by atoms with Gasteiger partial charge in [-0.25, -0.2) is 0 Å². The molecule has 2 aromatic rings. The molecular weight excluding hydrogens is 210 g/mol. The molecule has 0 atom stereocenters. The van der Waals surface area contributed by atoms with Crippen LogP contribution < -0.4 is 10.2 Å². The highest BCUT2D eigenvalue weighted by atomic mass is 15.2. The van der Waals surface area contributed by atoms with E-state index in [9.17, 15) is 0 Å². The summed E-state index contributed by atoms with van der Waals surface area (Å²) >= 11 is 0. The first-order valence-electron chi connectivity index (χ1n) is 6.24. The highest BCUT2D eigenvalue weighted by Gasteiger charge is 2.11. The molecule has 1 aliphatic heterocycles. The number of hydrogen-bond donors (Lipinski definition) is 1. The molecule has 0 spiro atoms. The van der Waals surface area contributed by atoms with Gasteiger partial charge in [0.05, 0.1) is 5.52 Å². The number of hydrogen-bond acceptors (Lipinski definition) is 3. The maximum atomic E-state index is 4.42. The van der Waals surface area contributed by atoms with Crippen LogP contribution in [0.2, 0.25) is 0 Å². The van der Waals surface area contributed by atoms with Crippen LogP contribution in [0.15, 0.2) is 36.5 Å². The Hall–Kier alpha value is -1.61. The average molecular weight is 227 g/mol. The zero-order valence-electron chi connectivity index (χ0n) is 9.89. The third-order valence-corrected chi connectivity index (χ3v) is 3.30. The Morgan fingerprint density at radius 2 is 2.06 bits per heavy atom. The number of pyridine rings is 1. The van der Waals surface area contributed by atoms with Crippen LogP contribution in [-0.4, -0.2) is 31.2 Å². The van der Waals surface area contributed by atoms with Gasteiger partial charge in [0.15, 0.2) is 0 Å². The third kappa shape index (κ3) is 2.11. The number of nitrogens with zero attached hydrogens (tertiary/aromatic N) is 2. The van der Waals surface area contributed by atoms with Crippen molar-refractivity contribution in [1.29, 1.82) is 0 Å². The van der Waals surface area contributed by atoms with E-state index in [0.717, 1.165) is 31.7 Å². The van der Waals surface area contributed by atoms with Crippen molar-refractivity contribution in [3.8, 4) is 0 Å². The van der Waals surface area contributed by atoms with Gasteiger partial charge in [-0.1, -0.05) is 6.07 Å². The Labute approximate surface area is 101 Å². The molecule has 1 aliphatic rings. The first-order valence-corrected chi connectivity index (χ1v) is 6.24. The summed E-state index contributed by atoms with van der Waals surface area (Å²) in [5, 5.41) is 4.70. The zero-order chi connectivity index (χ0) is 11.5. The lowest BCUT2D eigenvalue weighted by molar-refractivity contribution is 0.724. The van der Waals surface area contributed by atoms with Crippen molar-refractivity contribution in [1.82, 2.24) is 10.3 Å². The fourth-order valence-electron chi connectivity index (χ4n) is 2.45. The third-order valence-electron chi connectivity index (χ3n) is 3.30. The highest BCUT2D eigenvalue weighted by Crippen LogP contribution is 2.25. The van der Waals surface area contributed by atoms with Crippen LogP contribution in [0.1, 0.15) is 6.42 Å². The SMILES string of the molecule is c1cc(N2CCCNCC2)c2cccnc2c1. The first-order chi connectivity index (χ1) is 8.45. The molecule has 0 bridgehead atoms. The molecule has 2 heterocycles. The lowest BCUT2D eigenvalue weighted by atomic mass is 10.1. The molecule has 1 aromatic heterocycles. The van der Waals surface area contributed by atoms with Crippen molar-refractivity contribution >= 4 is 16.6 Å². The lowest BCUT2D eigenvalue weighted by Crippen LogP contribution is -2.27. The molecule has 17 heavy (non-hydrogen) atoms. The van der Waals surface area contributed by atoms with Gasteiger partial charge in [0.25, 0.3) is 0 Å². The molecule has 1 N–H and O–H groups in total. The summed E-state index contributed by atoms with van der Waals surface area (Å²) in [6.07, 6.45) is 3.06. The van der Waals surface area contributed by atoms with Crippen molar-refractivity contribution < 1.29 is 0 Å². The quantitative estimate of drug-likeness (QED) is 0.808. The van der Waals surface area contributed by atoms with Crippen LogP contribution >= 0.6 is 0 Å². The van der Waals surface area contributed by atoms with Crippen LogP contribution in [-0.2, 0) is 0 Å². The molecular formula is C14H17N3. The fourth-order valence-corrected chi connectivity index (χ4v) is 2.45. The largest absolute Gasteiger partial charge is 0.370 e. The van der Waals surface area contributed by atoms with Crippen molar-refractivity contribution in [3.63, 3.8) is 0 Å². The Morgan fingerprint density at radius 3 is 3.06 bits per heavy atom. The summed E-state index contributed by atoms with van der Waals surface area (Å²) in [5.74, 6) is 0. The van der Waals surface area contributed by atoms with Gasteiger partial charge in [-0.15, -0.1) is 0 Å². The van der Waals surface area contributed by atoms with Crippen LogP contribution in [0.3, 0.4) is 0 Å². The minimum Gasteiger partial charge on any atom is -0.370 e. The van der Waals surface area contributed by atoms with Gasteiger partial charge >= 0.3 is 0 Å². The molecule has 3 nitrogen and oxygen atoms in total. The summed E-state index contributed by atoms with van der Waals surface area (Å²) in [5.41, 5.74) is 2.40. The molecule has 1 saturated heterocycles. The topological polar surface area (TPSA) is 28.2 Å². The van der Waals surface area contributed by atoms with E-state index in [1.807, 2.05) is 12.3 Å². The van der Waals surface area contributed by atoms with Gasteiger partial charge in [0.2, 0.25) is 0 Å². The number of fused-ring (bicyclic) bond motifs is 1. The number of rotatable bonds is 1. The Balaban J connectivity index is 2.03. The second-order valence-electron chi connectivity index (χ2n) is 4.44. The van der Waals surface area contributed by atoms with Crippen LogP contribution in [0.25, 0.3) is 10.9 Å². The van der Waals surface area contributed by atoms with E-state index in [4.69, 9.17) is 0 Å². The van der Waals surface area contributed by atoms with Crippen molar-refractivity contribution in [2.24, 2.45) is 0 Å². The van der Waals surface area contributed by atoms with Crippen molar-refractivity contribution in [3.05, 3.63) is 36.5 Å². The van der Waals surface area contributed by atoms with Gasteiger partial charge in [0.1, 0.15) is 0 Å². The van der Waals surface area contributed by atoms with Gasteiger partial charge in [0, 0.05) is 36.9 Å². The van der Waals surface area contributed by atoms with Crippen LogP contribution in [0, 0.1) is 0 Å². The Bertz CT molecular complexity index is 496. The predicted molar refractivity (Wildman–Crippen MR) is 71.4 cm³/mol. The number of anilines is 1. The van der Waals surface area contributed by atoms with E-state index in [0.29, 0.717) is 0 Å². The normalized spacial score (nSPS) is 17.1. The van der Waals surface area contributed by atoms with E-state index < -0.39 is 0 Å². The van der Waals surface area contributed by atoms with E-state index in [-0.39, 0.29) is 0 Å². The fraction of sp³-hybridized carbons (Fsp3) is 0.357. The van der Waals surface area contributed by atoms with Gasteiger partial charge in [-0.2, -0.15) is 0 Å². The number of benzene rings is 1. The maximum absolute atomic E-state index is 4.42. The molecule has 0 aliphatic carbocycles. The summed E-state index contributed by atoms with van der Waals surface area (Å²) in [6.45, 7) is 4.39. The molecule has 0 amide bonds. The zero-order valence-corrected chi connectivity index (χ0v) is 9.89. The minimum atomic E-state index is 1.07. The van der Waals surface area contributed by atoms with Crippen LogP contribution in [0.5, 0.6) is 0 Å². The molecule has 3 heteroatoms. The summed E-state index contributed by atoms with van der Waals surface area (Å²) in [7, 11) is 0. The molecule has 88 valence electrons. The van der Waals surface area contributed by atoms with Crippen LogP contribution in [0.4, 0.5) is 5.69 Å². The maximum Gasteiger partial charge on any atom is 0.0722 e. The van der Waals surface area contributed by atoms with Gasteiger partial charge in [-0.3, -0.25) is 4.98 Å². The number of aromatic nitrogens is 1. The molecule has 1 aromatic carbocycles. The van der Waals surface area contributed by atoms with E-state index in [2.05, 4.69) is 39.5 Å². The van der Waals surface area contributed by atoms with E-state index in [1.165, 1.54) is 17.5 Å². The molecule has 0 unspecified atom stereocenters.